The minimum atomic E-state index is -2.87. The number of likely N-dealkylation sites (tertiary alicyclic amines) is 1. The standard InChI is InChI=1S/C17H25F2N3O4/c1-4-26-15(23)12-8-20-22(13(12)14(18)19)10-17(2,3)11-6-5-7-21(9-11)16(24)25/h8,11,14H,4-7,9-10H2,1-3H3,(H,24,25). The van der Waals surface area contributed by atoms with Gasteiger partial charge in [-0.05, 0) is 31.1 Å². The van der Waals surface area contributed by atoms with Crippen LogP contribution >= 0.6 is 0 Å². The molecule has 0 saturated carbocycles. The number of alkyl halides is 2. The smallest absolute Gasteiger partial charge is 0.407 e. The molecule has 1 unspecified atom stereocenters. The average molecular weight is 373 g/mol. The fourth-order valence-electron chi connectivity index (χ4n) is 3.42. The lowest BCUT2D eigenvalue weighted by Gasteiger charge is -2.40. The number of nitrogens with zero attached hydrogens (tertiary/aromatic N) is 3. The largest absolute Gasteiger partial charge is 0.465 e. The molecule has 1 fully saturated rings. The molecule has 0 radical (unpaired) electrons. The van der Waals surface area contributed by atoms with Crippen molar-refractivity contribution in [2.45, 2.75) is 46.6 Å². The predicted octanol–water partition coefficient (Wildman–Crippen LogP) is 3.41. The number of carbonyl (C=O) groups is 2. The number of carboxylic acid groups (broad SMARTS) is 1. The van der Waals surface area contributed by atoms with E-state index in [1.807, 2.05) is 13.8 Å². The van der Waals surface area contributed by atoms with Crippen molar-refractivity contribution >= 4 is 12.1 Å². The topological polar surface area (TPSA) is 84.7 Å². The summed E-state index contributed by atoms with van der Waals surface area (Å²) in [5.41, 5.74) is -1.16. The Kier molecular flexibility index (Phi) is 6.20. The second kappa shape index (κ2) is 8.01. The van der Waals surface area contributed by atoms with Crippen LogP contribution in [0.4, 0.5) is 13.6 Å². The van der Waals surface area contributed by atoms with Crippen LogP contribution in [0, 0.1) is 11.3 Å². The van der Waals surface area contributed by atoms with Crippen molar-refractivity contribution in [3.05, 3.63) is 17.5 Å². The summed E-state index contributed by atoms with van der Waals surface area (Å²) < 4.78 is 33.1. The zero-order valence-electron chi connectivity index (χ0n) is 15.2. The highest BCUT2D eigenvalue weighted by molar-refractivity contribution is 5.90. The summed E-state index contributed by atoms with van der Waals surface area (Å²) in [5.74, 6) is -0.810. The first kappa shape index (κ1) is 20.1. The molecule has 146 valence electrons. The second-order valence-corrected chi connectivity index (χ2v) is 7.18. The van der Waals surface area contributed by atoms with Gasteiger partial charge in [0, 0.05) is 19.6 Å². The van der Waals surface area contributed by atoms with Crippen LogP contribution in [0.15, 0.2) is 6.20 Å². The van der Waals surface area contributed by atoms with Crippen LogP contribution in [0.3, 0.4) is 0 Å². The molecule has 0 bridgehead atoms. The van der Waals surface area contributed by atoms with Crippen molar-refractivity contribution in [3.8, 4) is 0 Å². The molecule has 0 aromatic carbocycles. The lowest BCUT2D eigenvalue weighted by Crippen LogP contribution is -2.45. The van der Waals surface area contributed by atoms with Crippen molar-refractivity contribution in [1.82, 2.24) is 14.7 Å². The van der Waals surface area contributed by atoms with E-state index in [0.717, 1.165) is 23.7 Å². The third kappa shape index (κ3) is 4.31. The van der Waals surface area contributed by atoms with Gasteiger partial charge in [-0.2, -0.15) is 5.10 Å². The van der Waals surface area contributed by atoms with Gasteiger partial charge in [0.25, 0.3) is 6.43 Å². The lowest BCUT2D eigenvalue weighted by molar-refractivity contribution is 0.0503. The number of amides is 1. The third-order valence-corrected chi connectivity index (χ3v) is 4.94. The van der Waals surface area contributed by atoms with E-state index in [2.05, 4.69) is 5.10 Å². The Morgan fingerprint density at radius 2 is 2.15 bits per heavy atom. The minimum absolute atomic E-state index is 0.00751. The second-order valence-electron chi connectivity index (χ2n) is 7.18. The minimum Gasteiger partial charge on any atom is -0.465 e. The highest BCUT2D eigenvalue weighted by Crippen LogP contribution is 2.37. The first-order chi connectivity index (χ1) is 12.2. The molecule has 7 nitrogen and oxygen atoms in total. The number of hydrogen-bond donors (Lipinski definition) is 1. The molecular weight excluding hydrogens is 348 g/mol. The highest BCUT2D eigenvalue weighted by Gasteiger charge is 2.37. The van der Waals surface area contributed by atoms with Gasteiger partial charge in [-0.1, -0.05) is 13.8 Å². The van der Waals surface area contributed by atoms with Crippen LogP contribution in [-0.4, -0.2) is 51.5 Å². The Balaban J connectivity index is 2.23. The summed E-state index contributed by atoms with van der Waals surface area (Å²) in [4.78, 5) is 24.5. The van der Waals surface area contributed by atoms with Gasteiger partial charge in [-0.15, -0.1) is 0 Å². The molecule has 1 aliphatic rings. The first-order valence-corrected chi connectivity index (χ1v) is 8.66. The monoisotopic (exact) mass is 373 g/mol. The maximum absolute atomic E-state index is 13.6. The van der Waals surface area contributed by atoms with E-state index in [0.29, 0.717) is 13.1 Å². The highest BCUT2D eigenvalue weighted by atomic mass is 19.3. The molecule has 1 saturated heterocycles. The number of piperidine rings is 1. The van der Waals surface area contributed by atoms with E-state index in [9.17, 15) is 23.5 Å². The number of esters is 1. The number of aromatic nitrogens is 2. The molecule has 2 rings (SSSR count). The molecule has 1 aromatic rings. The maximum atomic E-state index is 13.6. The molecular formula is C17H25F2N3O4. The fourth-order valence-corrected chi connectivity index (χ4v) is 3.42. The van der Waals surface area contributed by atoms with E-state index in [1.165, 1.54) is 4.90 Å². The normalized spacial score (nSPS) is 18.2. The third-order valence-electron chi connectivity index (χ3n) is 4.94. The molecule has 1 amide bonds. The van der Waals surface area contributed by atoms with Gasteiger partial charge in [0.1, 0.15) is 11.3 Å². The number of carbonyl (C=O) groups excluding carboxylic acids is 1. The average Bonchev–Trinajstić information content (AvgIpc) is 2.98. The Morgan fingerprint density at radius 3 is 2.73 bits per heavy atom. The van der Waals surface area contributed by atoms with E-state index in [1.54, 1.807) is 6.92 Å². The summed E-state index contributed by atoms with van der Waals surface area (Å²) in [6.45, 7) is 6.51. The van der Waals surface area contributed by atoms with Crippen molar-refractivity contribution in [2.75, 3.05) is 19.7 Å². The van der Waals surface area contributed by atoms with E-state index in [-0.39, 0.29) is 24.6 Å². The number of hydrogen-bond acceptors (Lipinski definition) is 4. The summed E-state index contributed by atoms with van der Waals surface area (Å²) >= 11 is 0. The van der Waals surface area contributed by atoms with Crippen molar-refractivity contribution in [3.63, 3.8) is 0 Å². The molecule has 0 spiro atoms. The van der Waals surface area contributed by atoms with Crippen molar-refractivity contribution in [1.29, 1.82) is 0 Å². The van der Waals surface area contributed by atoms with Gasteiger partial charge < -0.3 is 14.7 Å². The zero-order valence-corrected chi connectivity index (χ0v) is 15.2. The maximum Gasteiger partial charge on any atom is 0.407 e. The molecule has 0 aliphatic carbocycles. The van der Waals surface area contributed by atoms with Crippen molar-refractivity contribution in [2.24, 2.45) is 11.3 Å². The van der Waals surface area contributed by atoms with E-state index in [4.69, 9.17) is 4.74 Å². The SMILES string of the molecule is CCOC(=O)c1cnn(CC(C)(C)C2CCCN(C(=O)O)C2)c1C(F)F. The molecule has 26 heavy (non-hydrogen) atoms. The summed E-state index contributed by atoms with van der Waals surface area (Å²) in [6.07, 6.45) is -1.18. The van der Waals surface area contributed by atoms with Gasteiger partial charge in [0.05, 0.1) is 12.8 Å². The van der Waals surface area contributed by atoms with E-state index < -0.39 is 29.6 Å². The number of halogens is 2. The summed E-state index contributed by atoms with van der Waals surface area (Å²) in [7, 11) is 0. The molecule has 1 aliphatic heterocycles. The van der Waals surface area contributed by atoms with E-state index >= 15 is 0 Å². The molecule has 1 aromatic heterocycles. The Bertz CT molecular complexity index is 660. The van der Waals surface area contributed by atoms with Gasteiger partial charge >= 0.3 is 12.1 Å². The van der Waals surface area contributed by atoms with Gasteiger partial charge in [0.15, 0.2) is 0 Å². The number of rotatable bonds is 6. The summed E-state index contributed by atoms with van der Waals surface area (Å²) in [5, 5.41) is 13.2. The van der Waals surface area contributed by atoms with Crippen LogP contribution in [-0.2, 0) is 11.3 Å². The van der Waals surface area contributed by atoms with Crippen LogP contribution in [0.1, 0.15) is 56.1 Å². The quantitative estimate of drug-likeness (QED) is 0.773. The molecule has 2 heterocycles. The molecule has 9 heteroatoms. The number of ether oxygens (including phenoxy) is 1. The van der Waals surface area contributed by atoms with Crippen LogP contribution in [0.25, 0.3) is 0 Å². The Morgan fingerprint density at radius 1 is 1.46 bits per heavy atom. The van der Waals surface area contributed by atoms with Crippen LogP contribution in [0.5, 0.6) is 0 Å². The fraction of sp³-hybridized carbons (Fsp3) is 0.706. The molecule has 1 atom stereocenters. The summed E-state index contributed by atoms with van der Waals surface area (Å²) in [6, 6.07) is 0. The Hall–Kier alpha value is -2.19. The van der Waals surface area contributed by atoms with Gasteiger partial charge in [-0.25, -0.2) is 18.4 Å². The van der Waals surface area contributed by atoms with Crippen molar-refractivity contribution < 1.29 is 28.2 Å². The van der Waals surface area contributed by atoms with Crippen LogP contribution < -0.4 is 0 Å². The lowest BCUT2D eigenvalue weighted by atomic mass is 9.74. The Labute approximate surface area is 150 Å². The van der Waals surface area contributed by atoms with Gasteiger partial charge in [0.2, 0.25) is 0 Å². The zero-order chi connectivity index (χ0) is 19.5. The van der Waals surface area contributed by atoms with Gasteiger partial charge in [-0.3, -0.25) is 4.68 Å². The predicted molar refractivity (Wildman–Crippen MR) is 89.2 cm³/mol. The first-order valence-electron chi connectivity index (χ1n) is 8.66. The molecule has 1 N–H and O–H groups in total. The van der Waals surface area contributed by atoms with Crippen LogP contribution in [0.2, 0.25) is 0 Å².